The fraction of sp³-hybridized carbons (Fsp3) is 0.295. The Bertz CT molecular complexity index is 2260. The van der Waals surface area contributed by atoms with E-state index < -0.39 is 70.3 Å². The van der Waals surface area contributed by atoms with Crippen molar-refractivity contribution in [1.29, 1.82) is 0 Å². The van der Waals surface area contributed by atoms with Crippen LogP contribution in [0, 0.1) is 16.0 Å². The summed E-state index contributed by atoms with van der Waals surface area (Å²) in [6, 6.07) is 32.6. The topological polar surface area (TPSA) is 205 Å². The lowest BCUT2D eigenvalue weighted by Crippen LogP contribution is -2.50. The molecule has 0 fully saturated rings. The molecule has 0 spiro atoms. The minimum atomic E-state index is -1.68. The van der Waals surface area contributed by atoms with Gasteiger partial charge in [0, 0.05) is 65.0 Å². The number of amides is 1. The highest BCUT2D eigenvalue weighted by molar-refractivity contribution is 8.04. The molecule has 5 atom stereocenters. The summed E-state index contributed by atoms with van der Waals surface area (Å²) in [6.45, 7) is 4.30. The van der Waals surface area contributed by atoms with E-state index in [9.17, 15) is 29.3 Å². The molecule has 1 amide bonds. The largest absolute Gasteiger partial charge is 0.462 e. The molecule has 1 aliphatic rings. The third kappa shape index (κ3) is 11.9. The molecule has 16 nitrogen and oxygen atoms in total. The standard InChI is InChI=1S/C44H45N5O11S/c1-28(50)57-27-39(59-30(3)52)41(60-31(4)53)38(58-29(2)51)25-37-40(47-46-35-19-13-8-14-20-35)42(48(5)26-32-15-9-6-10-16-32)61-44(37,33-17-11-7-12-18-33)43(54)45-34-21-23-36(24-22-34)49(55)56/h6-24,37-39,41H,25-27H2,1-5H3,(H,45,54)/t37-,38+,39+,41-,44-/m0/s1. The number of nitro benzene ring substituents is 1. The van der Waals surface area contributed by atoms with Gasteiger partial charge in [-0.3, -0.25) is 34.1 Å². The van der Waals surface area contributed by atoms with E-state index in [-0.39, 0.29) is 23.5 Å². The zero-order valence-corrected chi connectivity index (χ0v) is 34.9. The Morgan fingerprint density at radius 2 is 1.31 bits per heavy atom. The molecule has 61 heavy (non-hydrogen) atoms. The number of anilines is 1. The van der Waals surface area contributed by atoms with Gasteiger partial charge in [0.2, 0.25) is 5.91 Å². The van der Waals surface area contributed by atoms with E-state index >= 15 is 4.79 Å². The molecular formula is C44H45N5O11S. The van der Waals surface area contributed by atoms with Gasteiger partial charge < -0.3 is 29.2 Å². The molecule has 1 heterocycles. The maximum absolute atomic E-state index is 15.4. The fourth-order valence-electron chi connectivity index (χ4n) is 6.87. The third-order valence-corrected chi connectivity index (χ3v) is 11.1. The average molecular weight is 852 g/mol. The fourth-order valence-corrected chi connectivity index (χ4v) is 8.44. The molecule has 318 valence electrons. The zero-order chi connectivity index (χ0) is 44.1. The van der Waals surface area contributed by atoms with Crippen molar-refractivity contribution >= 4 is 58.6 Å². The Hall–Kier alpha value is -6.88. The summed E-state index contributed by atoms with van der Waals surface area (Å²) in [5.41, 5.74) is 2.26. The Morgan fingerprint density at radius 1 is 0.754 bits per heavy atom. The number of hydrogen-bond donors (Lipinski definition) is 1. The van der Waals surface area contributed by atoms with E-state index in [2.05, 4.69) is 10.4 Å². The number of nitrogens with one attached hydrogen (secondary N) is 1. The van der Waals surface area contributed by atoms with E-state index in [4.69, 9.17) is 24.1 Å². The molecule has 4 aromatic carbocycles. The van der Waals surface area contributed by atoms with Crippen LogP contribution in [0.1, 0.15) is 45.2 Å². The summed E-state index contributed by atoms with van der Waals surface area (Å²) in [4.78, 5) is 78.6. The molecule has 0 bridgehead atoms. The lowest BCUT2D eigenvalue weighted by atomic mass is 9.78. The van der Waals surface area contributed by atoms with Crippen molar-refractivity contribution in [2.24, 2.45) is 16.1 Å². The van der Waals surface area contributed by atoms with Gasteiger partial charge in [-0.25, -0.2) is 0 Å². The third-order valence-electron chi connectivity index (χ3n) is 9.40. The number of hydrogen-bond acceptors (Lipinski definition) is 15. The normalized spacial score (nSPS) is 17.4. The summed E-state index contributed by atoms with van der Waals surface area (Å²) in [5.74, 6) is -4.85. The van der Waals surface area contributed by atoms with Gasteiger partial charge >= 0.3 is 23.9 Å². The Kier molecular flexibility index (Phi) is 15.5. The van der Waals surface area contributed by atoms with Crippen LogP contribution in [0.3, 0.4) is 0 Å². The number of esters is 4. The van der Waals surface area contributed by atoms with Crippen LogP contribution in [0.4, 0.5) is 17.1 Å². The average Bonchev–Trinajstić information content (AvgIpc) is 3.56. The number of rotatable bonds is 18. The van der Waals surface area contributed by atoms with Crippen molar-refractivity contribution in [1.82, 2.24) is 4.90 Å². The van der Waals surface area contributed by atoms with Crippen LogP contribution in [0.15, 0.2) is 136 Å². The molecule has 1 N–H and O–H groups in total. The molecule has 5 rings (SSSR count). The number of carbonyl (C=O) groups excluding carboxylic acids is 5. The van der Waals surface area contributed by atoms with Crippen LogP contribution < -0.4 is 5.32 Å². The van der Waals surface area contributed by atoms with Crippen molar-refractivity contribution in [3.05, 3.63) is 147 Å². The van der Waals surface area contributed by atoms with Gasteiger partial charge in [-0.05, 0) is 41.8 Å². The Morgan fingerprint density at radius 3 is 1.87 bits per heavy atom. The second-order valence-electron chi connectivity index (χ2n) is 14.0. The first-order chi connectivity index (χ1) is 29.2. The van der Waals surface area contributed by atoms with E-state index in [1.807, 2.05) is 48.3 Å². The van der Waals surface area contributed by atoms with Gasteiger partial charge in [0.05, 0.1) is 21.3 Å². The maximum Gasteiger partial charge on any atom is 0.303 e. The van der Waals surface area contributed by atoms with E-state index in [0.29, 0.717) is 22.8 Å². The van der Waals surface area contributed by atoms with Gasteiger partial charge in [0.25, 0.3) is 5.69 Å². The molecule has 0 saturated carbocycles. The highest BCUT2D eigenvalue weighted by atomic mass is 32.2. The monoisotopic (exact) mass is 851 g/mol. The van der Waals surface area contributed by atoms with E-state index in [1.54, 1.807) is 54.6 Å². The molecule has 0 saturated heterocycles. The lowest BCUT2D eigenvalue weighted by Gasteiger charge is -2.38. The Labute approximate surface area is 356 Å². The van der Waals surface area contributed by atoms with E-state index in [0.717, 1.165) is 33.3 Å². The number of azo groups is 1. The van der Waals surface area contributed by atoms with Crippen LogP contribution in [-0.4, -0.2) is 71.6 Å². The number of nitro groups is 1. The number of allylic oxidation sites excluding steroid dienone is 1. The number of nitrogens with zero attached hydrogens (tertiary/aromatic N) is 4. The molecular weight excluding hydrogens is 807 g/mol. The second kappa shape index (κ2) is 20.9. The van der Waals surface area contributed by atoms with Crippen molar-refractivity contribution in [2.75, 3.05) is 19.0 Å². The second-order valence-corrected chi connectivity index (χ2v) is 15.2. The predicted molar refractivity (Wildman–Crippen MR) is 225 cm³/mol. The number of benzene rings is 4. The van der Waals surface area contributed by atoms with Gasteiger partial charge in [-0.1, -0.05) is 90.6 Å². The minimum Gasteiger partial charge on any atom is -0.462 e. The SMILES string of the molecule is CC(=O)OC[C@@H](OC(C)=O)[C@@H](OC(C)=O)[C@@H](C[C@H]1C(N=Nc2ccccc2)=C(N(C)Cc2ccccc2)S[C@@]1(C(=O)Nc1ccc([N+](=O)[O-])cc1)c1ccccc1)OC(C)=O. The van der Waals surface area contributed by atoms with Crippen LogP contribution in [-0.2, 0) is 54.2 Å². The first-order valence-electron chi connectivity index (χ1n) is 19.1. The molecule has 0 aromatic heterocycles. The van der Waals surface area contributed by atoms with Crippen molar-refractivity contribution in [2.45, 2.75) is 63.7 Å². The number of ether oxygens (including phenoxy) is 4. The van der Waals surface area contributed by atoms with Gasteiger partial charge in [0.15, 0.2) is 12.2 Å². The summed E-state index contributed by atoms with van der Waals surface area (Å²) in [5, 5.41) is 24.4. The smallest absolute Gasteiger partial charge is 0.303 e. The summed E-state index contributed by atoms with van der Waals surface area (Å²) < 4.78 is 20.8. The highest BCUT2D eigenvalue weighted by Crippen LogP contribution is 2.60. The lowest BCUT2D eigenvalue weighted by molar-refractivity contribution is -0.384. The van der Waals surface area contributed by atoms with Crippen LogP contribution >= 0.6 is 11.8 Å². The first kappa shape index (κ1) is 45.2. The van der Waals surface area contributed by atoms with Crippen molar-refractivity contribution in [3.63, 3.8) is 0 Å². The molecule has 17 heteroatoms. The van der Waals surface area contributed by atoms with E-state index in [1.165, 1.54) is 36.0 Å². The summed E-state index contributed by atoms with van der Waals surface area (Å²) in [6.07, 6.45) is -4.82. The van der Waals surface area contributed by atoms with Crippen molar-refractivity contribution < 1.29 is 47.8 Å². The summed E-state index contributed by atoms with van der Waals surface area (Å²) >= 11 is 1.17. The number of thioether (sulfide) groups is 1. The maximum atomic E-state index is 15.4. The first-order valence-corrected chi connectivity index (χ1v) is 19.9. The number of non-ortho nitro benzene ring substituents is 1. The molecule has 4 aromatic rings. The Balaban J connectivity index is 1.79. The predicted octanol–water partition coefficient (Wildman–Crippen LogP) is 7.63. The van der Waals surface area contributed by atoms with Crippen LogP contribution in [0.2, 0.25) is 0 Å². The quantitative estimate of drug-likeness (QED) is 0.0337. The molecule has 0 radical (unpaired) electrons. The van der Waals surface area contributed by atoms with Gasteiger partial charge in [-0.15, -0.1) is 0 Å². The summed E-state index contributed by atoms with van der Waals surface area (Å²) in [7, 11) is 1.83. The van der Waals surface area contributed by atoms with Crippen LogP contribution in [0.5, 0.6) is 0 Å². The zero-order valence-electron chi connectivity index (χ0n) is 34.1. The molecule has 0 unspecified atom stereocenters. The van der Waals surface area contributed by atoms with Gasteiger partial charge in [-0.2, -0.15) is 10.2 Å². The van der Waals surface area contributed by atoms with Gasteiger partial charge in [0.1, 0.15) is 17.5 Å². The molecule has 0 aliphatic carbocycles. The van der Waals surface area contributed by atoms with Crippen molar-refractivity contribution in [3.8, 4) is 0 Å². The number of carbonyl (C=O) groups is 5. The van der Waals surface area contributed by atoms with Crippen LogP contribution in [0.25, 0.3) is 0 Å². The highest BCUT2D eigenvalue weighted by Gasteiger charge is 2.58. The molecule has 1 aliphatic heterocycles. The minimum absolute atomic E-state index is 0.184.